The molecule has 0 saturated carbocycles. The Balaban J connectivity index is 1.83. The van der Waals surface area contributed by atoms with Crippen LogP contribution in [-0.4, -0.2) is 4.98 Å². The largest absolute Gasteiger partial charge is 0.465 e. The van der Waals surface area contributed by atoms with E-state index in [1.807, 2.05) is 31.5 Å². The molecule has 4 heteroatoms. The summed E-state index contributed by atoms with van der Waals surface area (Å²) in [6, 6.07) is 3.98. The van der Waals surface area contributed by atoms with E-state index >= 15 is 0 Å². The van der Waals surface area contributed by atoms with Crippen LogP contribution >= 0.6 is 11.3 Å². The Bertz CT molecular complexity index is 433. The first-order valence-electron chi connectivity index (χ1n) is 4.90. The predicted octanol–water partition coefficient (Wildman–Crippen LogP) is 2.64. The molecule has 0 atom stereocenters. The van der Waals surface area contributed by atoms with Crippen LogP contribution in [0.5, 0.6) is 0 Å². The van der Waals surface area contributed by atoms with Gasteiger partial charge in [-0.2, -0.15) is 0 Å². The summed E-state index contributed by atoms with van der Waals surface area (Å²) in [5.74, 6) is 1.94. The highest BCUT2D eigenvalue weighted by molar-refractivity contribution is 7.09. The van der Waals surface area contributed by atoms with Gasteiger partial charge in [-0.3, -0.25) is 0 Å². The number of furan rings is 1. The second-order valence-corrected chi connectivity index (χ2v) is 4.42. The number of hydrogen-bond acceptors (Lipinski definition) is 4. The van der Waals surface area contributed by atoms with E-state index in [4.69, 9.17) is 4.42 Å². The summed E-state index contributed by atoms with van der Waals surface area (Å²) in [7, 11) is 0. The van der Waals surface area contributed by atoms with Gasteiger partial charge >= 0.3 is 0 Å². The Kier molecular flexibility index (Phi) is 3.18. The Morgan fingerprint density at radius 3 is 2.80 bits per heavy atom. The van der Waals surface area contributed by atoms with E-state index in [1.165, 1.54) is 4.88 Å². The van der Waals surface area contributed by atoms with Gasteiger partial charge in [-0.25, -0.2) is 4.98 Å². The second kappa shape index (κ2) is 4.59. The van der Waals surface area contributed by atoms with Crippen molar-refractivity contribution in [2.24, 2.45) is 0 Å². The average molecular weight is 222 g/mol. The third-order valence-corrected chi connectivity index (χ3v) is 3.16. The van der Waals surface area contributed by atoms with Gasteiger partial charge in [0.25, 0.3) is 0 Å². The molecule has 0 saturated heterocycles. The molecular formula is C11H14N2OS. The maximum atomic E-state index is 5.46. The normalized spacial score (nSPS) is 10.8. The van der Waals surface area contributed by atoms with Crippen LogP contribution in [0.3, 0.4) is 0 Å². The molecule has 80 valence electrons. The van der Waals surface area contributed by atoms with Crippen molar-refractivity contribution in [1.29, 1.82) is 0 Å². The standard InChI is InChI=1S/C11H14N2OS/c1-8-3-4-10(14-8)5-12-6-11-9(2)13-7-15-11/h3-4,7,12H,5-6H2,1-2H3. The van der Waals surface area contributed by atoms with E-state index in [9.17, 15) is 0 Å². The van der Waals surface area contributed by atoms with Gasteiger partial charge in [-0.15, -0.1) is 11.3 Å². The minimum Gasteiger partial charge on any atom is -0.465 e. The average Bonchev–Trinajstić information content (AvgIpc) is 2.77. The zero-order chi connectivity index (χ0) is 10.7. The van der Waals surface area contributed by atoms with Crippen molar-refractivity contribution in [1.82, 2.24) is 10.3 Å². The fourth-order valence-electron chi connectivity index (χ4n) is 1.38. The molecule has 2 heterocycles. The molecule has 0 bridgehead atoms. The van der Waals surface area contributed by atoms with Crippen LogP contribution < -0.4 is 5.32 Å². The molecule has 3 nitrogen and oxygen atoms in total. The van der Waals surface area contributed by atoms with E-state index < -0.39 is 0 Å². The molecule has 0 aliphatic carbocycles. The van der Waals surface area contributed by atoms with Gasteiger partial charge < -0.3 is 9.73 Å². The molecule has 1 N–H and O–H groups in total. The third kappa shape index (κ3) is 2.67. The lowest BCUT2D eigenvalue weighted by Gasteiger charge is -2.00. The maximum absolute atomic E-state index is 5.46. The van der Waals surface area contributed by atoms with Crippen molar-refractivity contribution < 1.29 is 4.42 Å². The topological polar surface area (TPSA) is 38.1 Å². The predicted molar refractivity (Wildman–Crippen MR) is 60.8 cm³/mol. The summed E-state index contributed by atoms with van der Waals surface area (Å²) in [6.45, 7) is 5.61. The van der Waals surface area contributed by atoms with Crippen molar-refractivity contribution in [2.75, 3.05) is 0 Å². The second-order valence-electron chi connectivity index (χ2n) is 3.48. The van der Waals surface area contributed by atoms with Crippen molar-refractivity contribution in [2.45, 2.75) is 26.9 Å². The molecule has 0 fully saturated rings. The van der Waals surface area contributed by atoms with Crippen molar-refractivity contribution in [3.63, 3.8) is 0 Å². The first kappa shape index (κ1) is 10.4. The molecule has 0 spiro atoms. The minimum atomic E-state index is 0.769. The lowest BCUT2D eigenvalue weighted by atomic mass is 10.4. The number of aromatic nitrogens is 1. The highest BCUT2D eigenvalue weighted by Gasteiger charge is 2.02. The van der Waals surface area contributed by atoms with Gasteiger partial charge in [0, 0.05) is 11.4 Å². The number of thiazole rings is 1. The van der Waals surface area contributed by atoms with Gasteiger partial charge in [0.15, 0.2) is 0 Å². The van der Waals surface area contributed by atoms with Crippen LogP contribution in [0.15, 0.2) is 22.1 Å². The maximum Gasteiger partial charge on any atom is 0.117 e. The fourth-order valence-corrected chi connectivity index (χ4v) is 2.12. The minimum absolute atomic E-state index is 0.769. The van der Waals surface area contributed by atoms with Crippen LogP contribution in [0.25, 0.3) is 0 Å². The van der Waals surface area contributed by atoms with Crippen molar-refractivity contribution in [3.05, 3.63) is 39.7 Å². The van der Waals surface area contributed by atoms with Crippen LogP contribution in [0, 0.1) is 13.8 Å². The van der Waals surface area contributed by atoms with Crippen molar-refractivity contribution in [3.8, 4) is 0 Å². The number of nitrogens with zero attached hydrogens (tertiary/aromatic N) is 1. The lowest BCUT2D eigenvalue weighted by Crippen LogP contribution is -2.11. The fraction of sp³-hybridized carbons (Fsp3) is 0.364. The summed E-state index contributed by atoms with van der Waals surface area (Å²) in [4.78, 5) is 5.49. The molecule has 0 unspecified atom stereocenters. The van der Waals surface area contributed by atoms with Crippen LogP contribution in [0.1, 0.15) is 22.1 Å². The summed E-state index contributed by atoms with van der Waals surface area (Å²) in [6.07, 6.45) is 0. The monoisotopic (exact) mass is 222 g/mol. The quantitative estimate of drug-likeness (QED) is 0.864. The summed E-state index contributed by atoms with van der Waals surface area (Å²) < 4.78 is 5.46. The Labute approximate surface area is 93.2 Å². The zero-order valence-corrected chi connectivity index (χ0v) is 9.73. The first-order valence-corrected chi connectivity index (χ1v) is 5.78. The molecule has 2 rings (SSSR count). The number of aryl methyl sites for hydroxylation is 2. The third-order valence-electron chi connectivity index (χ3n) is 2.23. The Morgan fingerprint density at radius 2 is 2.20 bits per heavy atom. The molecule has 2 aromatic heterocycles. The van der Waals surface area contributed by atoms with Gasteiger partial charge in [0.05, 0.1) is 17.7 Å². The first-order chi connectivity index (χ1) is 7.25. The van der Waals surface area contributed by atoms with E-state index in [2.05, 4.69) is 10.3 Å². The van der Waals surface area contributed by atoms with Crippen LogP contribution in [-0.2, 0) is 13.1 Å². The van der Waals surface area contributed by atoms with Gasteiger partial charge in [-0.05, 0) is 26.0 Å². The molecule has 0 amide bonds. The Morgan fingerprint density at radius 1 is 1.33 bits per heavy atom. The number of rotatable bonds is 4. The van der Waals surface area contributed by atoms with Crippen molar-refractivity contribution >= 4 is 11.3 Å². The van der Waals surface area contributed by atoms with E-state index in [0.29, 0.717) is 0 Å². The molecule has 0 aliphatic heterocycles. The smallest absolute Gasteiger partial charge is 0.117 e. The molecular weight excluding hydrogens is 208 g/mol. The van der Waals surface area contributed by atoms with Gasteiger partial charge in [0.2, 0.25) is 0 Å². The highest BCUT2D eigenvalue weighted by atomic mass is 32.1. The lowest BCUT2D eigenvalue weighted by molar-refractivity contribution is 0.462. The highest BCUT2D eigenvalue weighted by Crippen LogP contribution is 2.12. The zero-order valence-electron chi connectivity index (χ0n) is 8.91. The molecule has 0 aromatic carbocycles. The molecule has 15 heavy (non-hydrogen) atoms. The summed E-state index contributed by atoms with van der Waals surface area (Å²) in [5.41, 5.74) is 2.99. The van der Waals surface area contributed by atoms with Gasteiger partial charge in [-0.1, -0.05) is 0 Å². The number of hydrogen-bond donors (Lipinski definition) is 1. The van der Waals surface area contributed by atoms with Crippen LogP contribution in [0.2, 0.25) is 0 Å². The van der Waals surface area contributed by atoms with Gasteiger partial charge in [0.1, 0.15) is 11.5 Å². The Hall–Kier alpha value is -1.13. The molecule has 0 aliphatic rings. The summed E-state index contributed by atoms with van der Waals surface area (Å²) in [5, 5.41) is 3.33. The molecule has 0 radical (unpaired) electrons. The summed E-state index contributed by atoms with van der Waals surface area (Å²) >= 11 is 1.69. The van der Waals surface area contributed by atoms with E-state index in [0.717, 1.165) is 30.3 Å². The number of nitrogens with one attached hydrogen (secondary N) is 1. The SMILES string of the molecule is Cc1ccc(CNCc2scnc2C)o1. The van der Waals surface area contributed by atoms with E-state index in [1.54, 1.807) is 11.3 Å². The van der Waals surface area contributed by atoms with Crippen LogP contribution in [0.4, 0.5) is 0 Å². The molecule has 2 aromatic rings. The van der Waals surface area contributed by atoms with E-state index in [-0.39, 0.29) is 0 Å².